The number of amides is 2. The predicted molar refractivity (Wildman–Crippen MR) is 90.5 cm³/mol. The second kappa shape index (κ2) is 9.36. The van der Waals surface area contributed by atoms with Gasteiger partial charge < -0.3 is 15.4 Å². The number of hydrogen-bond donors (Lipinski definition) is 2. The highest BCUT2D eigenvalue weighted by Crippen LogP contribution is 2.19. The molecule has 2 amide bonds. The van der Waals surface area contributed by atoms with Crippen LogP contribution < -0.4 is 15.4 Å². The third-order valence-electron chi connectivity index (χ3n) is 3.23. The van der Waals surface area contributed by atoms with Crippen LogP contribution in [-0.2, 0) is 16.1 Å². The van der Waals surface area contributed by atoms with E-state index < -0.39 is 0 Å². The zero-order chi connectivity index (χ0) is 18.1. The molecule has 0 spiro atoms. The summed E-state index contributed by atoms with van der Waals surface area (Å²) in [7, 11) is 0. The van der Waals surface area contributed by atoms with Crippen molar-refractivity contribution in [3.8, 4) is 11.6 Å². The Morgan fingerprint density at radius 3 is 2.68 bits per heavy atom. The van der Waals surface area contributed by atoms with E-state index in [2.05, 4.69) is 15.6 Å². The Kier molecular flexibility index (Phi) is 6.88. The molecule has 0 aliphatic rings. The van der Waals surface area contributed by atoms with Gasteiger partial charge in [0.25, 0.3) is 0 Å². The molecule has 0 radical (unpaired) electrons. The highest BCUT2D eigenvalue weighted by atomic mass is 19.1. The second-order valence-corrected chi connectivity index (χ2v) is 5.37. The average molecular weight is 345 g/mol. The second-order valence-electron chi connectivity index (χ2n) is 5.37. The molecule has 0 bridgehead atoms. The van der Waals surface area contributed by atoms with Gasteiger partial charge in [-0.05, 0) is 24.1 Å². The lowest BCUT2D eigenvalue weighted by molar-refractivity contribution is -0.126. The number of carbonyl (C=O) groups is 2. The van der Waals surface area contributed by atoms with Crippen LogP contribution in [0.4, 0.5) is 4.39 Å². The summed E-state index contributed by atoms with van der Waals surface area (Å²) in [6.45, 7) is 2.14. The Hall–Kier alpha value is -2.96. The standard InChI is InChI=1S/C18H20FN3O3/c1-2-4-16(23)21-12-17(24)20-10-13-7-8-18(22-11-13)25-15-6-3-5-14(19)9-15/h3,5-9,11H,2,4,10,12H2,1H3,(H,20,24)(H,21,23). The first-order chi connectivity index (χ1) is 12.1. The molecule has 132 valence electrons. The molecule has 1 aromatic heterocycles. The minimum atomic E-state index is -0.386. The van der Waals surface area contributed by atoms with Gasteiger partial charge in [0.15, 0.2) is 0 Å². The Balaban J connectivity index is 1.78. The van der Waals surface area contributed by atoms with E-state index in [1.165, 1.54) is 12.1 Å². The number of hydrogen-bond acceptors (Lipinski definition) is 4. The van der Waals surface area contributed by atoms with E-state index >= 15 is 0 Å². The smallest absolute Gasteiger partial charge is 0.239 e. The van der Waals surface area contributed by atoms with Gasteiger partial charge in [0.05, 0.1) is 6.54 Å². The summed E-state index contributed by atoms with van der Waals surface area (Å²) in [5.41, 5.74) is 0.778. The van der Waals surface area contributed by atoms with Crippen LogP contribution in [0.5, 0.6) is 11.6 Å². The number of benzene rings is 1. The molecule has 0 aliphatic carbocycles. The topological polar surface area (TPSA) is 80.3 Å². The number of nitrogens with one attached hydrogen (secondary N) is 2. The number of rotatable bonds is 8. The molecular weight excluding hydrogens is 325 g/mol. The lowest BCUT2D eigenvalue weighted by atomic mass is 10.3. The van der Waals surface area contributed by atoms with E-state index in [0.717, 1.165) is 12.0 Å². The van der Waals surface area contributed by atoms with Gasteiger partial charge in [-0.1, -0.05) is 19.1 Å². The molecule has 0 saturated carbocycles. The van der Waals surface area contributed by atoms with Crippen LogP contribution in [0.1, 0.15) is 25.3 Å². The minimum absolute atomic E-state index is 0.0486. The van der Waals surface area contributed by atoms with E-state index in [1.54, 1.807) is 30.5 Å². The maximum absolute atomic E-state index is 13.1. The van der Waals surface area contributed by atoms with Crippen molar-refractivity contribution in [3.05, 3.63) is 54.0 Å². The first kappa shape index (κ1) is 18.4. The summed E-state index contributed by atoms with van der Waals surface area (Å²) in [6, 6.07) is 9.16. The fourth-order valence-electron chi connectivity index (χ4n) is 1.98. The third kappa shape index (κ3) is 6.58. The van der Waals surface area contributed by atoms with Crippen molar-refractivity contribution in [1.29, 1.82) is 0 Å². The Bertz CT molecular complexity index is 720. The SMILES string of the molecule is CCCC(=O)NCC(=O)NCc1ccc(Oc2cccc(F)c2)nc1. The maximum atomic E-state index is 13.1. The normalized spacial score (nSPS) is 10.2. The van der Waals surface area contributed by atoms with Gasteiger partial charge in [0, 0.05) is 31.3 Å². The van der Waals surface area contributed by atoms with Gasteiger partial charge in [-0.2, -0.15) is 0 Å². The molecule has 6 nitrogen and oxygen atoms in total. The molecular formula is C18H20FN3O3. The van der Waals surface area contributed by atoms with Gasteiger partial charge in [-0.25, -0.2) is 9.37 Å². The lowest BCUT2D eigenvalue weighted by Gasteiger charge is -2.08. The van der Waals surface area contributed by atoms with Crippen molar-refractivity contribution in [2.24, 2.45) is 0 Å². The van der Waals surface area contributed by atoms with Crippen LogP contribution in [0.2, 0.25) is 0 Å². The third-order valence-corrected chi connectivity index (χ3v) is 3.23. The highest BCUT2D eigenvalue weighted by molar-refractivity contribution is 5.84. The molecule has 1 heterocycles. The summed E-state index contributed by atoms with van der Waals surface area (Å²) >= 11 is 0. The summed E-state index contributed by atoms with van der Waals surface area (Å²) in [4.78, 5) is 27.1. The molecule has 25 heavy (non-hydrogen) atoms. The molecule has 0 fully saturated rings. The van der Waals surface area contributed by atoms with Crippen LogP contribution in [0.3, 0.4) is 0 Å². The average Bonchev–Trinajstić information content (AvgIpc) is 2.60. The van der Waals surface area contributed by atoms with Gasteiger partial charge in [0.1, 0.15) is 11.6 Å². The summed E-state index contributed by atoms with van der Waals surface area (Å²) < 4.78 is 18.5. The van der Waals surface area contributed by atoms with Crippen molar-refractivity contribution in [3.63, 3.8) is 0 Å². The van der Waals surface area contributed by atoms with Crippen LogP contribution in [0.15, 0.2) is 42.6 Å². The van der Waals surface area contributed by atoms with E-state index in [-0.39, 0.29) is 30.7 Å². The molecule has 7 heteroatoms. The number of nitrogens with zero attached hydrogens (tertiary/aromatic N) is 1. The fourth-order valence-corrected chi connectivity index (χ4v) is 1.98. The largest absolute Gasteiger partial charge is 0.439 e. The van der Waals surface area contributed by atoms with Gasteiger partial charge in [0.2, 0.25) is 17.7 Å². The zero-order valence-electron chi connectivity index (χ0n) is 13.9. The number of ether oxygens (including phenoxy) is 1. The summed E-state index contributed by atoms with van der Waals surface area (Å²) in [5, 5.41) is 5.23. The van der Waals surface area contributed by atoms with E-state index in [4.69, 9.17) is 4.74 Å². The van der Waals surface area contributed by atoms with Crippen LogP contribution in [-0.4, -0.2) is 23.3 Å². The summed E-state index contributed by atoms with van der Waals surface area (Å²) in [6.07, 6.45) is 2.71. The fraction of sp³-hybridized carbons (Fsp3) is 0.278. The molecule has 0 unspecified atom stereocenters. The van der Waals surface area contributed by atoms with Crippen molar-refractivity contribution in [2.45, 2.75) is 26.3 Å². The number of halogens is 1. The predicted octanol–water partition coefficient (Wildman–Crippen LogP) is 2.55. The van der Waals surface area contributed by atoms with Gasteiger partial charge in [-0.3, -0.25) is 9.59 Å². The maximum Gasteiger partial charge on any atom is 0.239 e. The van der Waals surface area contributed by atoms with Crippen molar-refractivity contribution < 1.29 is 18.7 Å². The van der Waals surface area contributed by atoms with E-state index in [9.17, 15) is 14.0 Å². The number of aromatic nitrogens is 1. The monoisotopic (exact) mass is 345 g/mol. The molecule has 0 aliphatic heterocycles. The molecule has 2 rings (SSSR count). The van der Waals surface area contributed by atoms with Crippen LogP contribution >= 0.6 is 0 Å². The highest BCUT2D eigenvalue weighted by Gasteiger charge is 2.05. The van der Waals surface area contributed by atoms with Crippen LogP contribution in [0.25, 0.3) is 0 Å². The first-order valence-electron chi connectivity index (χ1n) is 7.98. The lowest BCUT2D eigenvalue weighted by Crippen LogP contribution is -2.36. The number of carbonyl (C=O) groups excluding carboxylic acids is 2. The Morgan fingerprint density at radius 2 is 2.00 bits per heavy atom. The molecule has 2 aromatic rings. The van der Waals surface area contributed by atoms with Gasteiger partial charge in [-0.15, -0.1) is 0 Å². The van der Waals surface area contributed by atoms with E-state index in [0.29, 0.717) is 18.1 Å². The molecule has 0 saturated heterocycles. The summed E-state index contributed by atoms with van der Waals surface area (Å²) in [5.74, 6) is -0.116. The molecule has 2 N–H and O–H groups in total. The van der Waals surface area contributed by atoms with Crippen LogP contribution in [0, 0.1) is 5.82 Å². The molecule has 1 aromatic carbocycles. The Morgan fingerprint density at radius 1 is 1.16 bits per heavy atom. The molecule has 0 atom stereocenters. The van der Waals surface area contributed by atoms with E-state index in [1.807, 2.05) is 6.92 Å². The first-order valence-corrected chi connectivity index (χ1v) is 7.98. The Labute approximate surface area is 145 Å². The van der Waals surface area contributed by atoms with Crippen molar-refractivity contribution in [1.82, 2.24) is 15.6 Å². The minimum Gasteiger partial charge on any atom is -0.439 e. The quantitative estimate of drug-likeness (QED) is 0.770. The van der Waals surface area contributed by atoms with Gasteiger partial charge >= 0.3 is 0 Å². The zero-order valence-corrected chi connectivity index (χ0v) is 13.9. The van der Waals surface area contributed by atoms with Crippen molar-refractivity contribution in [2.75, 3.05) is 6.54 Å². The van der Waals surface area contributed by atoms with Crippen molar-refractivity contribution >= 4 is 11.8 Å². The number of pyridine rings is 1.